The van der Waals surface area contributed by atoms with Crippen LogP contribution in [0.15, 0.2) is 17.8 Å². The average molecular weight is 434 g/mol. The SMILES string of the molecule is Cc1c(C(F)(F)C(F)(F)F)ccc2c1C(N1CCCC1=O)=C(NCCO)C(C)(C)O2. The summed E-state index contributed by atoms with van der Waals surface area (Å²) >= 11 is 0. The quantitative estimate of drug-likeness (QED) is 0.694. The molecule has 1 saturated heterocycles. The molecule has 0 bridgehead atoms. The Morgan fingerprint density at radius 1 is 1.23 bits per heavy atom. The van der Waals surface area contributed by atoms with Crippen LogP contribution in [0.2, 0.25) is 0 Å². The van der Waals surface area contributed by atoms with E-state index in [1.807, 2.05) is 0 Å². The van der Waals surface area contributed by atoms with Crippen LogP contribution in [0.1, 0.15) is 43.4 Å². The number of halogens is 5. The number of hydrogen-bond acceptors (Lipinski definition) is 4. The van der Waals surface area contributed by atoms with Gasteiger partial charge in [-0.1, -0.05) is 0 Å². The fourth-order valence-electron chi connectivity index (χ4n) is 3.93. The minimum atomic E-state index is -5.77. The molecule has 2 N–H and O–H groups in total. The topological polar surface area (TPSA) is 61.8 Å². The lowest BCUT2D eigenvalue weighted by Gasteiger charge is -2.41. The van der Waals surface area contributed by atoms with Gasteiger partial charge < -0.3 is 20.1 Å². The van der Waals surface area contributed by atoms with Crippen molar-refractivity contribution in [1.29, 1.82) is 0 Å². The zero-order valence-corrected chi connectivity index (χ0v) is 16.8. The number of hydrogen-bond donors (Lipinski definition) is 2. The van der Waals surface area contributed by atoms with Gasteiger partial charge in [0.25, 0.3) is 0 Å². The molecule has 3 rings (SSSR count). The normalized spacial score (nSPS) is 19.1. The second-order valence-corrected chi connectivity index (χ2v) is 7.82. The number of aliphatic hydroxyl groups excluding tert-OH is 1. The van der Waals surface area contributed by atoms with E-state index < -0.39 is 23.3 Å². The molecule has 30 heavy (non-hydrogen) atoms. The summed E-state index contributed by atoms with van der Waals surface area (Å²) in [6.07, 6.45) is -5.00. The molecule has 0 aliphatic carbocycles. The summed E-state index contributed by atoms with van der Waals surface area (Å²) in [7, 11) is 0. The van der Waals surface area contributed by atoms with E-state index in [0.717, 1.165) is 6.07 Å². The number of nitrogens with one attached hydrogen (secondary N) is 1. The number of carbonyl (C=O) groups is 1. The summed E-state index contributed by atoms with van der Waals surface area (Å²) < 4.78 is 73.5. The first-order chi connectivity index (χ1) is 13.8. The third-order valence-electron chi connectivity index (χ3n) is 5.32. The lowest BCUT2D eigenvalue weighted by Crippen LogP contribution is -2.45. The standard InChI is InChI=1S/C20H23F5N2O3/c1-11-12(19(21,22)20(23,24)25)6-7-13-15(11)16(27-9-4-5-14(27)29)17(26-8-10-28)18(2,3)30-13/h6-7,26,28H,4-5,8-10H2,1-3H3. The number of carbonyl (C=O) groups excluding carboxylic acids is 1. The molecule has 2 aliphatic heterocycles. The molecule has 0 aromatic heterocycles. The number of amides is 1. The van der Waals surface area contributed by atoms with Gasteiger partial charge in [0.15, 0.2) is 0 Å². The largest absolute Gasteiger partial charge is 0.481 e. The summed E-state index contributed by atoms with van der Waals surface area (Å²) in [6.45, 7) is 4.67. The molecule has 5 nitrogen and oxygen atoms in total. The van der Waals surface area contributed by atoms with E-state index in [2.05, 4.69) is 5.32 Å². The Balaban J connectivity index is 2.31. The van der Waals surface area contributed by atoms with Crippen molar-refractivity contribution in [3.63, 3.8) is 0 Å². The fourth-order valence-corrected chi connectivity index (χ4v) is 3.93. The minimum absolute atomic E-state index is 0.0199. The summed E-state index contributed by atoms with van der Waals surface area (Å²) in [5.74, 6) is -5.22. The number of nitrogens with zero attached hydrogens (tertiary/aromatic N) is 1. The van der Waals surface area contributed by atoms with E-state index in [-0.39, 0.29) is 48.1 Å². The van der Waals surface area contributed by atoms with Crippen LogP contribution in [-0.2, 0) is 10.7 Å². The van der Waals surface area contributed by atoms with Gasteiger partial charge in [-0.25, -0.2) is 0 Å². The van der Waals surface area contributed by atoms with E-state index in [9.17, 15) is 31.9 Å². The van der Waals surface area contributed by atoms with Crippen molar-refractivity contribution in [2.24, 2.45) is 0 Å². The number of rotatable bonds is 5. The Morgan fingerprint density at radius 3 is 2.43 bits per heavy atom. The first-order valence-corrected chi connectivity index (χ1v) is 9.50. The number of benzene rings is 1. The molecule has 1 fully saturated rings. The van der Waals surface area contributed by atoms with Crippen LogP contribution in [0, 0.1) is 6.92 Å². The van der Waals surface area contributed by atoms with E-state index >= 15 is 0 Å². The molecule has 166 valence electrons. The van der Waals surface area contributed by atoms with Crippen molar-refractivity contribution >= 4 is 11.6 Å². The molecule has 0 spiro atoms. The summed E-state index contributed by atoms with van der Waals surface area (Å²) in [5, 5.41) is 12.2. The highest BCUT2D eigenvalue weighted by molar-refractivity contribution is 5.92. The smallest absolute Gasteiger partial charge is 0.458 e. The summed E-state index contributed by atoms with van der Waals surface area (Å²) in [4.78, 5) is 13.9. The van der Waals surface area contributed by atoms with Gasteiger partial charge in [0.1, 0.15) is 11.4 Å². The van der Waals surface area contributed by atoms with Gasteiger partial charge in [-0.3, -0.25) is 4.79 Å². The van der Waals surface area contributed by atoms with Crippen molar-refractivity contribution in [2.75, 3.05) is 19.7 Å². The van der Waals surface area contributed by atoms with Crippen molar-refractivity contribution < 1.29 is 36.6 Å². The van der Waals surface area contributed by atoms with E-state index in [1.165, 1.54) is 11.8 Å². The van der Waals surface area contributed by atoms with Gasteiger partial charge in [-0.2, -0.15) is 22.0 Å². The van der Waals surface area contributed by atoms with Gasteiger partial charge in [0.2, 0.25) is 5.91 Å². The fraction of sp³-hybridized carbons (Fsp3) is 0.550. The Kier molecular flexibility index (Phi) is 5.51. The van der Waals surface area contributed by atoms with Gasteiger partial charge >= 0.3 is 12.1 Å². The molecule has 2 heterocycles. The Hall–Kier alpha value is -2.36. The molecular weight excluding hydrogens is 411 g/mol. The van der Waals surface area contributed by atoms with Crippen LogP contribution in [-0.4, -0.2) is 47.4 Å². The maximum absolute atomic E-state index is 14.2. The van der Waals surface area contributed by atoms with Crippen molar-refractivity contribution in [2.45, 2.75) is 51.3 Å². The molecule has 0 radical (unpaired) electrons. The highest BCUT2D eigenvalue weighted by atomic mass is 19.4. The first kappa shape index (κ1) is 22.3. The predicted molar refractivity (Wildman–Crippen MR) is 98.8 cm³/mol. The van der Waals surface area contributed by atoms with Gasteiger partial charge in [0, 0.05) is 30.6 Å². The number of fused-ring (bicyclic) bond motifs is 1. The second-order valence-electron chi connectivity index (χ2n) is 7.82. The zero-order valence-electron chi connectivity index (χ0n) is 16.8. The maximum Gasteiger partial charge on any atom is 0.458 e. The summed E-state index contributed by atoms with van der Waals surface area (Å²) in [6, 6.07) is 1.80. The Bertz CT molecular complexity index is 893. The minimum Gasteiger partial charge on any atom is -0.481 e. The zero-order chi connectivity index (χ0) is 22.5. The molecule has 2 aliphatic rings. The van der Waals surface area contributed by atoms with E-state index in [4.69, 9.17) is 4.74 Å². The lowest BCUT2D eigenvalue weighted by molar-refractivity contribution is -0.289. The lowest BCUT2D eigenvalue weighted by atomic mass is 9.88. The van der Waals surface area contributed by atoms with E-state index in [0.29, 0.717) is 24.7 Å². The maximum atomic E-state index is 14.2. The second kappa shape index (κ2) is 7.40. The number of aliphatic hydroxyl groups is 1. The highest BCUT2D eigenvalue weighted by Crippen LogP contribution is 2.50. The molecule has 0 unspecified atom stereocenters. The first-order valence-electron chi connectivity index (χ1n) is 9.50. The molecule has 1 aromatic carbocycles. The number of alkyl halides is 5. The summed E-state index contributed by atoms with van der Waals surface area (Å²) in [5.41, 5.74) is -1.97. The molecule has 0 atom stereocenters. The van der Waals surface area contributed by atoms with Crippen molar-refractivity contribution in [3.05, 3.63) is 34.5 Å². The van der Waals surface area contributed by atoms with Crippen LogP contribution >= 0.6 is 0 Å². The van der Waals surface area contributed by atoms with Gasteiger partial charge in [0.05, 0.1) is 18.0 Å². The Morgan fingerprint density at radius 2 is 1.90 bits per heavy atom. The van der Waals surface area contributed by atoms with Gasteiger partial charge in [-0.15, -0.1) is 0 Å². The Labute approximate surface area is 170 Å². The number of ether oxygens (including phenoxy) is 1. The van der Waals surface area contributed by atoms with Crippen LogP contribution in [0.3, 0.4) is 0 Å². The van der Waals surface area contributed by atoms with Crippen molar-refractivity contribution in [1.82, 2.24) is 10.2 Å². The third-order valence-corrected chi connectivity index (χ3v) is 5.32. The van der Waals surface area contributed by atoms with Crippen LogP contribution in [0.5, 0.6) is 5.75 Å². The third kappa shape index (κ3) is 3.51. The molecule has 10 heteroatoms. The van der Waals surface area contributed by atoms with Crippen LogP contribution in [0.25, 0.3) is 5.70 Å². The van der Waals surface area contributed by atoms with E-state index in [1.54, 1.807) is 13.8 Å². The highest BCUT2D eigenvalue weighted by Gasteiger charge is 2.59. The van der Waals surface area contributed by atoms with Crippen LogP contribution < -0.4 is 10.1 Å². The molecule has 0 saturated carbocycles. The monoisotopic (exact) mass is 434 g/mol. The van der Waals surface area contributed by atoms with Crippen molar-refractivity contribution in [3.8, 4) is 5.75 Å². The molecular formula is C20H23F5N2O3. The predicted octanol–water partition coefficient (Wildman–Crippen LogP) is 3.69. The average Bonchev–Trinajstić information content (AvgIpc) is 3.03. The van der Waals surface area contributed by atoms with Gasteiger partial charge in [-0.05, 0) is 44.9 Å². The van der Waals surface area contributed by atoms with Crippen LogP contribution in [0.4, 0.5) is 22.0 Å². The molecule has 1 aromatic rings. The molecule has 1 amide bonds. The number of likely N-dealkylation sites (tertiary alicyclic amines) is 1.